The number of hydrogen-bond acceptors (Lipinski definition) is 4. The van der Waals surface area contributed by atoms with Crippen molar-refractivity contribution in [1.29, 1.82) is 0 Å². The van der Waals surface area contributed by atoms with E-state index in [0.717, 1.165) is 6.42 Å². The summed E-state index contributed by atoms with van der Waals surface area (Å²) in [5.41, 5.74) is 2.28. The summed E-state index contributed by atoms with van der Waals surface area (Å²) in [4.78, 5) is 29.0. The van der Waals surface area contributed by atoms with Gasteiger partial charge in [-0.15, -0.1) is 0 Å². The van der Waals surface area contributed by atoms with Crippen molar-refractivity contribution in [3.8, 4) is 0 Å². The van der Waals surface area contributed by atoms with Gasteiger partial charge in [-0.1, -0.05) is 38.1 Å². The Hall–Kier alpha value is -2.63. The zero-order chi connectivity index (χ0) is 19.6. The summed E-state index contributed by atoms with van der Waals surface area (Å²) in [6, 6.07) is 9.48. The van der Waals surface area contributed by atoms with Crippen LogP contribution in [-0.2, 0) is 5.41 Å². The first-order valence-electron chi connectivity index (χ1n) is 9.38. The summed E-state index contributed by atoms with van der Waals surface area (Å²) >= 11 is 0. The van der Waals surface area contributed by atoms with E-state index in [1.165, 1.54) is 5.56 Å². The molecule has 27 heavy (non-hydrogen) atoms. The van der Waals surface area contributed by atoms with Crippen LogP contribution in [0.15, 0.2) is 34.9 Å². The summed E-state index contributed by atoms with van der Waals surface area (Å²) in [5, 5.41) is 3.80. The second-order valence-electron chi connectivity index (χ2n) is 8.09. The van der Waals surface area contributed by atoms with E-state index in [1.807, 2.05) is 29.2 Å². The van der Waals surface area contributed by atoms with Crippen molar-refractivity contribution < 1.29 is 14.1 Å². The molecule has 0 bridgehead atoms. The molecule has 0 aliphatic carbocycles. The Morgan fingerprint density at radius 3 is 2.07 bits per heavy atom. The molecule has 2 aromatic rings. The average molecular weight is 369 g/mol. The number of amides is 2. The van der Waals surface area contributed by atoms with Gasteiger partial charge in [0, 0.05) is 37.8 Å². The zero-order valence-electron chi connectivity index (χ0n) is 16.5. The van der Waals surface area contributed by atoms with Gasteiger partial charge in [0.1, 0.15) is 5.76 Å². The summed E-state index contributed by atoms with van der Waals surface area (Å²) in [6.07, 6.45) is 0.744. The molecule has 1 aliphatic heterocycles. The molecule has 6 heteroatoms. The second-order valence-corrected chi connectivity index (χ2v) is 8.09. The molecule has 0 saturated carbocycles. The third-order valence-corrected chi connectivity index (χ3v) is 4.92. The summed E-state index contributed by atoms with van der Waals surface area (Å²) < 4.78 is 5.00. The Kier molecular flexibility index (Phi) is 5.35. The topological polar surface area (TPSA) is 66.7 Å². The minimum absolute atomic E-state index is 0.0158. The largest absolute Gasteiger partial charge is 0.361 e. The highest BCUT2D eigenvalue weighted by Gasteiger charge is 2.25. The predicted octanol–water partition coefficient (Wildman–Crippen LogP) is 3.27. The van der Waals surface area contributed by atoms with Crippen LogP contribution in [0.3, 0.4) is 0 Å². The first-order chi connectivity index (χ1) is 12.8. The molecule has 6 nitrogen and oxygen atoms in total. The fraction of sp³-hybridized carbons (Fsp3) is 0.476. The van der Waals surface area contributed by atoms with Gasteiger partial charge in [-0.05, 0) is 36.5 Å². The molecule has 0 N–H and O–H groups in total. The van der Waals surface area contributed by atoms with E-state index in [-0.39, 0.29) is 17.2 Å². The number of benzene rings is 1. The van der Waals surface area contributed by atoms with Crippen molar-refractivity contribution in [1.82, 2.24) is 15.0 Å². The van der Waals surface area contributed by atoms with Gasteiger partial charge in [-0.3, -0.25) is 9.59 Å². The summed E-state index contributed by atoms with van der Waals surface area (Å²) in [5.74, 6) is 0.487. The molecule has 0 radical (unpaired) electrons. The van der Waals surface area contributed by atoms with E-state index in [0.29, 0.717) is 43.2 Å². The van der Waals surface area contributed by atoms with Crippen LogP contribution in [0.5, 0.6) is 0 Å². The average Bonchev–Trinajstić information content (AvgIpc) is 2.92. The fourth-order valence-corrected chi connectivity index (χ4v) is 3.25. The number of aromatic nitrogens is 1. The summed E-state index contributed by atoms with van der Waals surface area (Å²) in [7, 11) is 0. The van der Waals surface area contributed by atoms with Gasteiger partial charge in [0.25, 0.3) is 11.8 Å². The molecule has 144 valence electrons. The molecular weight excluding hydrogens is 342 g/mol. The second kappa shape index (κ2) is 7.55. The Morgan fingerprint density at radius 1 is 0.963 bits per heavy atom. The minimum Gasteiger partial charge on any atom is -0.361 e. The van der Waals surface area contributed by atoms with Crippen molar-refractivity contribution >= 4 is 11.8 Å². The molecule has 1 aromatic heterocycles. The Morgan fingerprint density at radius 2 is 1.56 bits per heavy atom. The highest BCUT2D eigenvalue weighted by Crippen LogP contribution is 2.22. The Labute approximate surface area is 160 Å². The van der Waals surface area contributed by atoms with E-state index in [2.05, 4.69) is 25.9 Å². The van der Waals surface area contributed by atoms with E-state index >= 15 is 0 Å². The van der Waals surface area contributed by atoms with E-state index < -0.39 is 0 Å². The fourth-order valence-electron chi connectivity index (χ4n) is 3.25. The number of rotatable bonds is 2. The molecular formula is C21H27N3O3. The van der Waals surface area contributed by atoms with Crippen LogP contribution in [0.1, 0.15) is 59.4 Å². The molecule has 3 rings (SSSR count). The molecule has 1 aliphatic rings. The molecule has 0 atom stereocenters. The lowest BCUT2D eigenvalue weighted by molar-refractivity contribution is 0.0713. The van der Waals surface area contributed by atoms with Crippen LogP contribution >= 0.6 is 0 Å². The zero-order valence-corrected chi connectivity index (χ0v) is 16.5. The van der Waals surface area contributed by atoms with Crippen LogP contribution in [0.2, 0.25) is 0 Å². The van der Waals surface area contributed by atoms with Gasteiger partial charge in [0.05, 0.1) is 0 Å². The van der Waals surface area contributed by atoms with Crippen molar-refractivity contribution in [2.24, 2.45) is 0 Å². The van der Waals surface area contributed by atoms with Gasteiger partial charge >= 0.3 is 0 Å². The first kappa shape index (κ1) is 19.1. The quantitative estimate of drug-likeness (QED) is 0.815. The Balaban J connectivity index is 1.65. The normalized spacial score (nSPS) is 15.6. The van der Waals surface area contributed by atoms with Gasteiger partial charge < -0.3 is 14.3 Å². The van der Waals surface area contributed by atoms with Crippen LogP contribution < -0.4 is 0 Å². The smallest absolute Gasteiger partial charge is 0.276 e. The van der Waals surface area contributed by atoms with E-state index in [4.69, 9.17) is 4.52 Å². The third kappa shape index (κ3) is 4.38. The molecule has 2 heterocycles. The molecule has 2 amide bonds. The number of hydrogen-bond donors (Lipinski definition) is 0. The highest BCUT2D eigenvalue weighted by atomic mass is 16.5. The van der Waals surface area contributed by atoms with Gasteiger partial charge in [-0.2, -0.15) is 0 Å². The van der Waals surface area contributed by atoms with Crippen LogP contribution in [0.25, 0.3) is 0 Å². The van der Waals surface area contributed by atoms with Crippen molar-refractivity contribution in [2.75, 3.05) is 26.2 Å². The SMILES string of the molecule is Cc1cc(C(=O)N2CCCN(C(=O)c3ccc(C(C)(C)C)cc3)CC2)no1. The number of aryl methyl sites for hydroxylation is 1. The number of nitrogens with zero attached hydrogens (tertiary/aromatic N) is 3. The molecule has 1 saturated heterocycles. The maximum absolute atomic E-state index is 12.9. The lowest BCUT2D eigenvalue weighted by Crippen LogP contribution is -2.37. The third-order valence-electron chi connectivity index (χ3n) is 4.92. The first-order valence-corrected chi connectivity index (χ1v) is 9.38. The predicted molar refractivity (Wildman–Crippen MR) is 103 cm³/mol. The minimum atomic E-state index is -0.143. The molecule has 0 spiro atoms. The van der Waals surface area contributed by atoms with Gasteiger partial charge in [-0.25, -0.2) is 0 Å². The van der Waals surface area contributed by atoms with Crippen molar-refractivity contribution in [3.63, 3.8) is 0 Å². The van der Waals surface area contributed by atoms with Gasteiger partial charge in [0.2, 0.25) is 0 Å². The van der Waals surface area contributed by atoms with Crippen molar-refractivity contribution in [2.45, 2.75) is 39.5 Å². The lowest BCUT2D eigenvalue weighted by atomic mass is 9.86. The van der Waals surface area contributed by atoms with E-state index in [1.54, 1.807) is 17.9 Å². The maximum Gasteiger partial charge on any atom is 0.276 e. The summed E-state index contributed by atoms with van der Waals surface area (Å²) in [6.45, 7) is 10.5. The molecule has 0 unspecified atom stereocenters. The molecule has 1 aromatic carbocycles. The van der Waals surface area contributed by atoms with Crippen LogP contribution in [0.4, 0.5) is 0 Å². The van der Waals surface area contributed by atoms with Crippen molar-refractivity contribution in [3.05, 3.63) is 52.9 Å². The highest BCUT2D eigenvalue weighted by molar-refractivity contribution is 5.95. The van der Waals surface area contributed by atoms with E-state index in [9.17, 15) is 9.59 Å². The monoisotopic (exact) mass is 369 g/mol. The maximum atomic E-state index is 12.9. The van der Waals surface area contributed by atoms with Crippen LogP contribution in [0, 0.1) is 6.92 Å². The number of carbonyl (C=O) groups excluding carboxylic acids is 2. The van der Waals surface area contributed by atoms with Gasteiger partial charge in [0.15, 0.2) is 5.69 Å². The number of carbonyl (C=O) groups is 2. The van der Waals surface area contributed by atoms with Crippen LogP contribution in [-0.4, -0.2) is 52.9 Å². The lowest BCUT2D eigenvalue weighted by Gasteiger charge is -2.23. The standard InChI is InChI=1S/C21H27N3O3/c1-15-14-18(22-27-15)20(26)24-11-5-10-23(12-13-24)19(25)16-6-8-17(9-7-16)21(2,3)4/h6-9,14H,5,10-13H2,1-4H3. The molecule has 1 fully saturated rings. The Bertz CT molecular complexity index is 818.